The molecule has 3 heterocycles. The quantitative estimate of drug-likeness (QED) is 0.505. The monoisotopic (exact) mass is 416 g/mol. The van der Waals surface area contributed by atoms with Crippen LogP contribution < -0.4 is 10.9 Å². The van der Waals surface area contributed by atoms with Gasteiger partial charge in [-0.1, -0.05) is 23.8 Å². The van der Waals surface area contributed by atoms with Gasteiger partial charge in [0, 0.05) is 42.7 Å². The highest BCUT2D eigenvalue weighted by atomic mass is 16.2. The lowest BCUT2D eigenvalue weighted by Crippen LogP contribution is -2.31. The molecule has 8 heteroatoms. The van der Waals surface area contributed by atoms with Gasteiger partial charge in [0.25, 0.3) is 11.5 Å². The minimum Gasteiger partial charge on any atom is -0.349 e. The zero-order chi connectivity index (χ0) is 21.5. The van der Waals surface area contributed by atoms with Crippen LogP contribution in [0.1, 0.15) is 46.1 Å². The molecule has 1 aromatic carbocycles. The Balaban J connectivity index is 1.30. The van der Waals surface area contributed by atoms with Crippen LogP contribution in [0.15, 0.2) is 47.5 Å². The van der Waals surface area contributed by atoms with E-state index in [9.17, 15) is 9.59 Å². The van der Waals surface area contributed by atoms with Crippen molar-refractivity contribution in [3.63, 3.8) is 0 Å². The number of amides is 1. The van der Waals surface area contributed by atoms with Crippen LogP contribution in [0.4, 0.5) is 0 Å². The van der Waals surface area contributed by atoms with Gasteiger partial charge in [-0.2, -0.15) is 10.2 Å². The molecule has 1 saturated carbocycles. The fourth-order valence-electron chi connectivity index (χ4n) is 3.87. The molecule has 0 unspecified atom stereocenters. The van der Waals surface area contributed by atoms with Crippen LogP contribution in [0.2, 0.25) is 0 Å². The van der Waals surface area contributed by atoms with Crippen LogP contribution in [0, 0.1) is 13.8 Å². The van der Waals surface area contributed by atoms with Gasteiger partial charge >= 0.3 is 0 Å². The number of aryl methyl sites for hydroxylation is 2. The molecule has 0 bridgehead atoms. The summed E-state index contributed by atoms with van der Waals surface area (Å²) in [6.45, 7) is 4.79. The van der Waals surface area contributed by atoms with E-state index in [1.807, 2.05) is 31.2 Å². The first-order chi connectivity index (χ1) is 15.0. The van der Waals surface area contributed by atoms with E-state index in [4.69, 9.17) is 0 Å². The molecule has 4 aromatic rings. The molecule has 2 N–H and O–H groups in total. The van der Waals surface area contributed by atoms with Gasteiger partial charge in [-0.15, -0.1) is 0 Å². The fraction of sp³-hybridized carbons (Fsp3) is 0.304. The number of H-pyrrole nitrogens is 1. The van der Waals surface area contributed by atoms with Gasteiger partial charge in [-0.3, -0.25) is 14.7 Å². The summed E-state index contributed by atoms with van der Waals surface area (Å²) in [5.41, 5.74) is 5.86. The standard InChI is InChI=1S/C23H24N6O2/c1-14-3-6-17(15(2)11-14)19-13-21-23(31)28(9-10-29(21)27-19)8-7-24-22(30)20-12-18(25-26-20)16-4-5-16/h3,6,9-13,16H,4-5,7-8H2,1-2H3,(H,24,30)(H,25,26). The first-order valence-corrected chi connectivity index (χ1v) is 10.5. The van der Waals surface area contributed by atoms with Crippen molar-refractivity contribution in [3.05, 3.63) is 75.6 Å². The summed E-state index contributed by atoms with van der Waals surface area (Å²) in [4.78, 5) is 25.2. The summed E-state index contributed by atoms with van der Waals surface area (Å²) >= 11 is 0. The Labute approximate surface area is 178 Å². The van der Waals surface area contributed by atoms with Gasteiger partial charge in [0.05, 0.1) is 5.69 Å². The topological polar surface area (TPSA) is 97.1 Å². The Hall–Kier alpha value is -3.68. The van der Waals surface area contributed by atoms with E-state index in [1.54, 1.807) is 21.5 Å². The number of carbonyl (C=O) groups is 1. The molecule has 0 spiro atoms. The third kappa shape index (κ3) is 3.76. The van der Waals surface area contributed by atoms with Crippen LogP contribution in [0.5, 0.6) is 0 Å². The third-order valence-corrected chi connectivity index (χ3v) is 5.75. The van der Waals surface area contributed by atoms with Crippen LogP contribution in [0.3, 0.4) is 0 Å². The number of hydrogen-bond donors (Lipinski definition) is 2. The van der Waals surface area contributed by atoms with Crippen LogP contribution in [-0.2, 0) is 6.54 Å². The fourth-order valence-corrected chi connectivity index (χ4v) is 3.87. The third-order valence-electron chi connectivity index (χ3n) is 5.75. The first kappa shape index (κ1) is 19.3. The van der Waals surface area contributed by atoms with Gasteiger partial charge in [-0.25, -0.2) is 4.52 Å². The molecular weight excluding hydrogens is 392 g/mol. The van der Waals surface area contributed by atoms with Gasteiger partial charge in [-0.05, 0) is 44.4 Å². The Morgan fingerprint density at radius 1 is 1.19 bits per heavy atom. The summed E-state index contributed by atoms with van der Waals surface area (Å²) in [5.74, 6) is 0.280. The molecule has 0 radical (unpaired) electrons. The Morgan fingerprint density at radius 3 is 2.81 bits per heavy atom. The molecule has 0 aliphatic heterocycles. The van der Waals surface area contributed by atoms with Crippen molar-refractivity contribution in [3.8, 4) is 11.3 Å². The number of aromatic nitrogens is 5. The maximum Gasteiger partial charge on any atom is 0.276 e. The predicted molar refractivity (Wildman–Crippen MR) is 117 cm³/mol. The van der Waals surface area contributed by atoms with E-state index >= 15 is 0 Å². The Kier molecular flexibility index (Phi) is 4.69. The van der Waals surface area contributed by atoms with E-state index in [2.05, 4.69) is 33.6 Å². The van der Waals surface area contributed by atoms with Crippen molar-refractivity contribution in [1.82, 2.24) is 29.7 Å². The van der Waals surface area contributed by atoms with E-state index in [1.165, 1.54) is 5.56 Å². The van der Waals surface area contributed by atoms with Crippen molar-refractivity contribution in [1.29, 1.82) is 0 Å². The summed E-state index contributed by atoms with van der Waals surface area (Å²) < 4.78 is 3.19. The summed E-state index contributed by atoms with van der Waals surface area (Å²) in [5, 5.41) is 14.4. The predicted octanol–water partition coefficient (Wildman–Crippen LogP) is 2.81. The van der Waals surface area contributed by atoms with Gasteiger partial charge in [0.15, 0.2) is 0 Å². The lowest BCUT2D eigenvalue weighted by atomic mass is 10.0. The maximum atomic E-state index is 12.9. The van der Waals surface area contributed by atoms with E-state index in [0.717, 1.165) is 35.4 Å². The number of benzene rings is 1. The zero-order valence-electron chi connectivity index (χ0n) is 17.6. The lowest BCUT2D eigenvalue weighted by Gasteiger charge is -2.06. The second-order valence-corrected chi connectivity index (χ2v) is 8.21. The lowest BCUT2D eigenvalue weighted by molar-refractivity contribution is 0.0947. The minimum absolute atomic E-state index is 0.143. The second kappa shape index (κ2) is 7.54. The smallest absolute Gasteiger partial charge is 0.276 e. The molecule has 1 aliphatic carbocycles. The number of fused-ring (bicyclic) bond motifs is 1. The SMILES string of the molecule is Cc1ccc(-c2cc3c(=O)n(CCNC(=O)c4cc(C5CC5)[nH]n4)ccn3n2)c(C)c1. The van der Waals surface area contributed by atoms with Crippen molar-refractivity contribution >= 4 is 11.4 Å². The van der Waals surface area contributed by atoms with E-state index < -0.39 is 0 Å². The van der Waals surface area contributed by atoms with Crippen molar-refractivity contribution in [2.45, 2.75) is 39.2 Å². The molecule has 31 heavy (non-hydrogen) atoms. The molecule has 1 fully saturated rings. The van der Waals surface area contributed by atoms with E-state index in [-0.39, 0.29) is 11.5 Å². The van der Waals surface area contributed by atoms with Crippen molar-refractivity contribution in [2.24, 2.45) is 0 Å². The number of aromatic amines is 1. The largest absolute Gasteiger partial charge is 0.349 e. The van der Waals surface area contributed by atoms with Crippen LogP contribution in [0.25, 0.3) is 16.8 Å². The molecule has 1 aliphatic rings. The molecule has 158 valence electrons. The minimum atomic E-state index is -0.237. The summed E-state index contributed by atoms with van der Waals surface area (Å²) in [6.07, 6.45) is 5.75. The number of carbonyl (C=O) groups excluding carboxylic acids is 1. The number of nitrogens with zero attached hydrogens (tertiary/aromatic N) is 4. The Morgan fingerprint density at radius 2 is 2.03 bits per heavy atom. The molecule has 0 saturated heterocycles. The highest BCUT2D eigenvalue weighted by Gasteiger charge is 2.26. The maximum absolute atomic E-state index is 12.9. The van der Waals surface area contributed by atoms with Gasteiger partial charge < -0.3 is 9.88 Å². The molecule has 8 nitrogen and oxygen atoms in total. The number of hydrogen-bond acceptors (Lipinski definition) is 4. The summed E-state index contributed by atoms with van der Waals surface area (Å²) in [6, 6.07) is 9.81. The van der Waals surface area contributed by atoms with Crippen molar-refractivity contribution < 1.29 is 4.79 Å². The van der Waals surface area contributed by atoms with Crippen molar-refractivity contribution in [2.75, 3.05) is 6.54 Å². The summed E-state index contributed by atoms with van der Waals surface area (Å²) in [7, 11) is 0. The molecule has 0 atom stereocenters. The normalized spacial score (nSPS) is 13.6. The highest BCUT2D eigenvalue weighted by Crippen LogP contribution is 2.38. The molecule has 1 amide bonds. The number of nitrogens with one attached hydrogen (secondary N) is 2. The van der Waals surface area contributed by atoms with E-state index in [0.29, 0.717) is 30.2 Å². The van der Waals surface area contributed by atoms with Crippen LogP contribution >= 0.6 is 0 Å². The first-order valence-electron chi connectivity index (χ1n) is 10.5. The number of rotatable bonds is 6. The second-order valence-electron chi connectivity index (χ2n) is 8.21. The Bertz CT molecular complexity index is 1340. The molecule has 5 rings (SSSR count). The van der Waals surface area contributed by atoms with Crippen LogP contribution in [-0.4, -0.2) is 36.8 Å². The van der Waals surface area contributed by atoms with Gasteiger partial charge in [0.1, 0.15) is 11.2 Å². The van der Waals surface area contributed by atoms with Gasteiger partial charge in [0.2, 0.25) is 0 Å². The molecular formula is C23H24N6O2. The molecule has 3 aromatic heterocycles. The zero-order valence-corrected chi connectivity index (χ0v) is 17.6. The average molecular weight is 416 g/mol. The highest BCUT2D eigenvalue weighted by molar-refractivity contribution is 5.92. The average Bonchev–Trinajstić information content (AvgIpc) is 3.31.